The molecule has 6 N–H and O–H groups in total. The number of hydrogen-bond donors (Lipinski definition) is 6. The molecule has 0 atom stereocenters. The molecular formula is C35H28N6NaO9S2+. The minimum Gasteiger partial charge on any atom is -0.505 e. The number of anilines is 2. The van der Waals surface area contributed by atoms with Gasteiger partial charge in [0.05, 0.1) is 11.4 Å². The monoisotopic (exact) mass is 763 g/mol. The Morgan fingerprint density at radius 1 is 0.566 bits per heavy atom. The van der Waals surface area contributed by atoms with Gasteiger partial charge in [-0.15, -0.1) is 10.2 Å². The maximum Gasteiger partial charge on any atom is 1.00 e. The van der Waals surface area contributed by atoms with E-state index in [1.807, 2.05) is 0 Å². The number of hydrogen-bond acceptors (Lipinski definition) is 11. The summed E-state index contributed by atoms with van der Waals surface area (Å²) in [6, 6.07) is 23.6. The van der Waals surface area contributed by atoms with Crippen LogP contribution in [0.25, 0.3) is 21.5 Å². The van der Waals surface area contributed by atoms with E-state index in [1.165, 1.54) is 36.4 Å². The van der Waals surface area contributed by atoms with Gasteiger partial charge in [0.15, 0.2) is 11.5 Å². The second kappa shape index (κ2) is 15.4. The summed E-state index contributed by atoms with van der Waals surface area (Å²) in [4.78, 5) is 11.6. The average Bonchev–Trinajstić information content (AvgIpc) is 3.07. The van der Waals surface area contributed by atoms with Crippen molar-refractivity contribution in [2.24, 2.45) is 20.5 Å². The zero-order chi connectivity index (χ0) is 37.4. The molecule has 0 aliphatic heterocycles. The van der Waals surface area contributed by atoms with Gasteiger partial charge in [0, 0.05) is 22.1 Å². The van der Waals surface area contributed by atoms with Crippen LogP contribution in [0, 0.1) is 13.8 Å². The first-order valence-corrected chi connectivity index (χ1v) is 18.1. The summed E-state index contributed by atoms with van der Waals surface area (Å²) in [5.41, 5.74) is 1.69. The number of fused-ring (bicyclic) bond motifs is 2. The zero-order valence-corrected chi connectivity index (χ0v) is 31.8. The Morgan fingerprint density at radius 3 is 1.30 bits per heavy atom. The summed E-state index contributed by atoms with van der Waals surface area (Å²) in [5.74, 6) is -1.14. The molecular weight excluding hydrogens is 736 g/mol. The van der Waals surface area contributed by atoms with Crippen molar-refractivity contribution in [2.75, 3.05) is 10.6 Å². The Morgan fingerprint density at radius 2 is 0.943 bits per heavy atom. The normalized spacial score (nSPS) is 12.0. The third-order valence-electron chi connectivity index (χ3n) is 7.92. The van der Waals surface area contributed by atoms with Crippen LogP contribution in [-0.4, -0.2) is 42.2 Å². The number of aromatic hydroxyl groups is 2. The Kier molecular flexibility index (Phi) is 11.3. The van der Waals surface area contributed by atoms with E-state index in [9.17, 15) is 40.9 Å². The van der Waals surface area contributed by atoms with E-state index in [1.54, 1.807) is 62.4 Å². The molecule has 0 fully saturated rings. The van der Waals surface area contributed by atoms with Crippen LogP contribution >= 0.6 is 0 Å². The van der Waals surface area contributed by atoms with Crippen LogP contribution in [0.4, 0.5) is 38.9 Å². The topological polar surface area (TPSA) is 240 Å². The van der Waals surface area contributed by atoms with Crippen molar-refractivity contribution in [3.8, 4) is 11.5 Å². The number of carbonyl (C=O) groups excluding carboxylic acids is 1. The van der Waals surface area contributed by atoms with E-state index >= 15 is 0 Å². The number of phenolic OH excluding ortho intramolecular Hbond substituents is 2. The van der Waals surface area contributed by atoms with Crippen molar-refractivity contribution < 1.29 is 70.5 Å². The average molecular weight is 764 g/mol. The quantitative estimate of drug-likeness (QED) is 0.0605. The predicted octanol–water partition coefficient (Wildman–Crippen LogP) is 5.99. The second-order valence-corrected chi connectivity index (χ2v) is 14.3. The van der Waals surface area contributed by atoms with Gasteiger partial charge in [-0.3, -0.25) is 9.11 Å². The first-order chi connectivity index (χ1) is 24.6. The van der Waals surface area contributed by atoms with E-state index in [-0.39, 0.29) is 62.5 Å². The van der Waals surface area contributed by atoms with Crippen LogP contribution in [0.5, 0.6) is 11.5 Å². The van der Waals surface area contributed by atoms with Crippen molar-refractivity contribution in [1.29, 1.82) is 0 Å². The molecule has 6 aromatic carbocycles. The number of azo groups is 2. The molecule has 53 heavy (non-hydrogen) atoms. The fourth-order valence-electron chi connectivity index (χ4n) is 5.30. The van der Waals surface area contributed by atoms with E-state index < -0.39 is 58.9 Å². The van der Waals surface area contributed by atoms with E-state index in [2.05, 4.69) is 31.1 Å². The molecule has 0 heterocycles. The van der Waals surface area contributed by atoms with Crippen molar-refractivity contribution in [3.05, 3.63) is 108 Å². The van der Waals surface area contributed by atoms with Gasteiger partial charge in [0.2, 0.25) is 0 Å². The molecule has 0 bridgehead atoms. The van der Waals surface area contributed by atoms with E-state index in [4.69, 9.17) is 0 Å². The van der Waals surface area contributed by atoms with Crippen LogP contribution in [0.1, 0.15) is 11.1 Å². The molecule has 0 aromatic heterocycles. The second-order valence-electron chi connectivity index (χ2n) is 11.5. The number of aryl methyl sites for hydroxylation is 2. The number of benzene rings is 6. The Bertz CT molecular complexity index is 2540. The fourth-order valence-corrected chi connectivity index (χ4v) is 6.61. The number of carbonyl (C=O) groups is 1. The van der Waals surface area contributed by atoms with Crippen LogP contribution < -0.4 is 40.2 Å². The van der Waals surface area contributed by atoms with Crippen molar-refractivity contribution in [3.63, 3.8) is 0 Å². The van der Waals surface area contributed by atoms with Gasteiger partial charge < -0.3 is 20.8 Å². The molecule has 0 unspecified atom stereocenters. The summed E-state index contributed by atoms with van der Waals surface area (Å²) >= 11 is 0. The van der Waals surface area contributed by atoms with E-state index in [0.717, 1.165) is 23.3 Å². The smallest absolute Gasteiger partial charge is 0.505 e. The molecule has 0 saturated heterocycles. The number of rotatable bonds is 8. The number of amides is 2. The Hall–Kier alpha value is -5.27. The molecule has 0 spiro atoms. The van der Waals surface area contributed by atoms with Gasteiger partial charge in [-0.1, -0.05) is 36.4 Å². The molecule has 264 valence electrons. The van der Waals surface area contributed by atoms with Gasteiger partial charge >= 0.3 is 35.6 Å². The molecule has 0 saturated carbocycles. The van der Waals surface area contributed by atoms with Crippen LogP contribution in [0.15, 0.2) is 127 Å². The first kappa shape index (κ1) is 38.9. The summed E-state index contributed by atoms with van der Waals surface area (Å²) < 4.78 is 69.1. The standard InChI is InChI=1S/C35H28N6O9S2.Na/c1-19-7-3-5-9-27(19)38-40-31-29(51(45,46)47)17-21-15-23(11-13-25(21)33(31)42)36-35(44)37-24-12-14-26-22(16-24)18-30(52(48,49)50)32(34(26)43)41-39-28-10-6-4-8-20(28)2;/h3-18,42-43H,1-2H3,(H2,36,37,44)(H,45,46,47)(H,48,49,50);/q;+1. The van der Waals surface area contributed by atoms with Crippen molar-refractivity contribution in [2.45, 2.75) is 23.6 Å². The fraction of sp³-hybridized carbons (Fsp3) is 0.0571. The SMILES string of the molecule is Cc1ccccc1N=Nc1c(S(=O)(=O)O)cc2cc(NC(=O)Nc3ccc4c(O)c(N=Nc5ccccc5C)c(S(=O)(=O)O)cc4c3)ccc2c1O.[Na+]. The summed E-state index contributed by atoms with van der Waals surface area (Å²) in [6.45, 7) is 3.54. The van der Waals surface area contributed by atoms with Crippen LogP contribution in [0.3, 0.4) is 0 Å². The molecule has 2 amide bonds. The Labute approximate surface area is 324 Å². The summed E-state index contributed by atoms with van der Waals surface area (Å²) in [6.07, 6.45) is 0. The predicted molar refractivity (Wildman–Crippen MR) is 194 cm³/mol. The van der Waals surface area contributed by atoms with Crippen molar-refractivity contribution in [1.82, 2.24) is 0 Å². The third kappa shape index (κ3) is 8.52. The van der Waals surface area contributed by atoms with Crippen molar-refractivity contribution >= 4 is 81.9 Å². The molecule has 0 aliphatic rings. The maximum absolute atomic E-state index is 13.0. The molecule has 6 rings (SSSR count). The number of nitrogens with one attached hydrogen (secondary N) is 2. The van der Waals surface area contributed by atoms with E-state index in [0.29, 0.717) is 11.4 Å². The van der Waals surface area contributed by atoms with Gasteiger partial charge in [-0.05, 0) is 96.4 Å². The molecule has 0 aliphatic carbocycles. The minimum absolute atomic E-state index is 0. The molecule has 18 heteroatoms. The largest absolute Gasteiger partial charge is 1.00 e. The summed E-state index contributed by atoms with van der Waals surface area (Å²) in [5, 5.41) is 43.6. The van der Waals surface area contributed by atoms with Gasteiger partial charge in [-0.2, -0.15) is 27.1 Å². The number of nitrogens with zero attached hydrogens (tertiary/aromatic N) is 4. The zero-order valence-electron chi connectivity index (χ0n) is 28.2. The summed E-state index contributed by atoms with van der Waals surface area (Å²) in [7, 11) is -9.78. The van der Waals surface area contributed by atoms with Crippen LogP contribution in [-0.2, 0) is 20.2 Å². The van der Waals surface area contributed by atoms with Gasteiger partial charge in [0.1, 0.15) is 21.2 Å². The maximum atomic E-state index is 13.0. The number of urea groups is 1. The molecule has 6 aromatic rings. The first-order valence-electron chi connectivity index (χ1n) is 15.2. The van der Waals surface area contributed by atoms with Gasteiger partial charge in [0.25, 0.3) is 20.2 Å². The van der Waals surface area contributed by atoms with Crippen LogP contribution in [0.2, 0.25) is 0 Å². The third-order valence-corrected chi connectivity index (χ3v) is 9.65. The molecule has 0 radical (unpaired) electrons. The van der Waals surface area contributed by atoms with Gasteiger partial charge in [-0.25, -0.2) is 4.79 Å². The molecule has 15 nitrogen and oxygen atoms in total. The Balaban J connectivity index is 0.00000541. The number of phenols is 2. The minimum atomic E-state index is -4.89.